The third-order valence-electron chi connectivity index (χ3n) is 3.30. The van der Waals surface area contributed by atoms with Gasteiger partial charge in [0.1, 0.15) is 0 Å². The molecule has 14 heavy (non-hydrogen) atoms. The van der Waals surface area contributed by atoms with Crippen molar-refractivity contribution in [1.29, 1.82) is 0 Å². The summed E-state index contributed by atoms with van der Waals surface area (Å²) in [6.45, 7) is 7.37. The lowest BCUT2D eigenvalue weighted by Crippen LogP contribution is -2.20. The van der Waals surface area contributed by atoms with Gasteiger partial charge in [-0.25, -0.2) is 0 Å². The molecule has 76 valence electrons. The van der Waals surface area contributed by atoms with Crippen molar-refractivity contribution in [2.24, 2.45) is 0 Å². The maximum absolute atomic E-state index is 5.98. The van der Waals surface area contributed by atoms with Gasteiger partial charge in [-0.05, 0) is 29.5 Å². The van der Waals surface area contributed by atoms with E-state index in [9.17, 15) is 0 Å². The second kappa shape index (κ2) is 3.12. The molecule has 1 saturated carbocycles. The van der Waals surface area contributed by atoms with Gasteiger partial charge in [0.05, 0.1) is 0 Å². The van der Waals surface area contributed by atoms with Gasteiger partial charge in [-0.3, -0.25) is 0 Å². The Morgan fingerprint density at radius 3 is 2.36 bits per heavy atom. The van der Waals surface area contributed by atoms with Crippen molar-refractivity contribution >= 4 is 13.8 Å². The molecule has 2 unspecified atom stereocenters. The Labute approximate surface area is 87.3 Å². The van der Waals surface area contributed by atoms with E-state index < -0.39 is 8.07 Å². The lowest BCUT2D eigenvalue weighted by molar-refractivity contribution is 1.11. The van der Waals surface area contributed by atoms with Crippen LogP contribution < -0.4 is 5.73 Å². The fourth-order valence-electron chi connectivity index (χ4n) is 2.34. The minimum Gasteiger partial charge on any atom is -0.398 e. The molecule has 0 saturated heterocycles. The molecule has 0 radical (unpaired) electrons. The molecule has 1 aromatic rings. The number of nitrogens with two attached hydrogens (primary N) is 1. The zero-order valence-electron chi connectivity index (χ0n) is 9.25. The third-order valence-corrected chi connectivity index (χ3v) is 6.16. The van der Waals surface area contributed by atoms with E-state index in [4.69, 9.17) is 5.73 Å². The van der Waals surface area contributed by atoms with E-state index in [0.29, 0.717) is 0 Å². The summed E-state index contributed by atoms with van der Waals surface area (Å²) in [6, 6.07) is 8.34. The molecule has 2 heteroatoms. The van der Waals surface area contributed by atoms with Crippen molar-refractivity contribution in [1.82, 2.24) is 0 Å². The molecule has 1 aliphatic carbocycles. The standard InChI is InChI=1S/C12H19NSi/c1-14(2,3)12-8-10(12)9-6-4-5-7-11(9)13/h4-7,10,12H,8,13H2,1-3H3. The molecule has 0 amide bonds. The Morgan fingerprint density at radius 2 is 1.86 bits per heavy atom. The molecule has 0 spiro atoms. The SMILES string of the molecule is C[Si](C)(C)C1CC1c1ccccc1N. The maximum Gasteiger partial charge on any atom is 0.0480 e. The van der Waals surface area contributed by atoms with Crippen LogP contribution in [0, 0.1) is 0 Å². The maximum atomic E-state index is 5.98. The summed E-state index contributed by atoms with van der Waals surface area (Å²) in [7, 11) is -0.948. The minimum atomic E-state index is -0.948. The Kier molecular flexibility index (Phi) is 2.18. The first kappa shape index (κ1) is 9.78. The summed E-state index contributed by atoms with van der Waals surface area (Å²) in [4.78, 5) is 0. The number of benzene rings is 1. The van der Waals surface area contributed by atoms with E-state index in [2.05, 4.69) is 31.8 Å². The smallest absolute Gasteiger partial charge is 0.0480 e. The first-order valence-electron chi connectivity index (χ1n) is 5.34. The van der Waals surface area contributed by atoms with E-state index in [1.54, 1.807) is 0 Å². The monoisotopic (exact) mass is 205 g/mol. The van der Waals surface area contributed by atoms with Crippen LogP contribution in [0.4, 0.5) is 5.69 Å². The number of hydrogen-bond acceptors (Lipinski definition) is 1. The molecule has 2 N–H and O–H groups in total. The largest absolute Gasteiger partial charge is 0.398 e. The molecule has 1 aromatic carbocycles. The summed E-state index contributed by atoms with van der Waals surface area (Å²) >= 11 is 0. The van der Waals surface area contributed by atoms with Crippen LogP contribution >= 0.6 is 0 Å². The lowest BCUT2D eigenvalue weighted by Gasteiger charge is -2.16. The zero-order chi connectivity index (χ0) is 10.3. The van der Waals surface area contributed by atoms with Gasteiger partial charge >= 0.3 is 0 Å². The van der Waals surface area contributed by atoms with Crippen LogP contribution in [-0.2, 0) is 0 Å². The van der Waals surface area contributed by atoms with Gasteiger partial charge in [0, 0.05) is 13.8 Å². The number of para-hydroxylation sites is 1. The summed E-state index contributed by atoms with van der Waals surface area (Å²) in [5.41, 5.74) is 9.31. The fraction of sp³-hybridized carbons (Fsp3) is 0.500. The normalized spacial score (nSPS) is 26.2. The lowest BCUT2D eigenvalue weighted by atomic mass is 10.1. The zero-order valence-corrected chi connectivity index (χ0v) is 10.2. The highest BCUT2D eigenvalue weighted by atomic mass is 28.3. The third kappa shape index (κ3) is 1.71. The van der Waals surface area contributed by atoms with E-state index in [1.807, 2.05) is 12.1 Å². The Bertz CT molecular complexity index is 340. The van der Waals surface area contributed by atoms with Crippen molar-refractivity contribution < 1.29 is 0 Å². The van der Waals surface area contributed by atoms with E-state index in [1.165, 1.54) is 12.0 Å². The molecule has 1 fully saturated rings. The van der Waals surface area contributed by atoms with Crippen molar-refractivity contribution in [3.63, 3.8) is 0 Å². The Balaban J connectivity index is 2.18. The fourth-order valence-corrected chi connectivity index (χ4v) is 4.69. The predicted octanol–water partition coefficient (Wildman–Crippen LogP) is 3.46. The molecule has 0 bridgehead atoms. The second-order valence-corrected chi connectivity index (χ2v) is 10.9. The average molecular weight is 205 g/mol. The van der Waals surface area contributed by atoms with Crippen molar-refractivity contribution in [3.05, 3.63) is 29.8 Å². The van der Waals surface area contributed by atoms with Crippen LogP contribution in [0.1, 0.15) is 17.9 Å². The van der Waals surface area contributed by atoms with Crippen LogP contribution in [0.5, 0.6) is 0 Å². The summed E-state index contributed by atoms with van der Waals surface area (Å²) in [5.74, 6) is 0.767. The number of anilines is 1. The quantitative estimate of drug-likeness (QED) is 0.580. The van der Waals surface area contributed by atoms with Gasteiger partial charge in [0.25, 0.3) is 0 Å². The van der Waals surface area contributed by atoms with Gasteiger partial charge in [-0.2, -0.15) is 0 Å². The van der Waals surface area contributed by atoms with Gasteiger partial charge < -0.3 is 5.73 Å². The van der Waals surface area contributed by atoms with Crippen molar-refractivity contribution in [2.45, 2.75) is 37.5 Å². The van der Waals surface area contributed by atoms with Gasteiger partial charge in [-0.1, -0.05) is 37.8 Å². The van der Waals surface area contributed by atoms with E-state index >= 15 is 0 Å². The molecule has 2 rings (SSSR count). The molecule has 0 heterocycles. The number of nitrogen functional groups attached to an aromatic ring is 1. The van der Waals surface area contributed by atoms with Crippen LogP contribution in [0.25, 0.3) is 0 Å². The number of rotatable bonds is 2. The summed E-state index contributed by atoms with van der Waals surface area (Å²) in [5, 5.41) is 0. The van der Waals surface area contributed by atoms with Crippen LogP contribution in [-0.4, -0.2) is 8.07 Å². The molecule has 1 nitrogen and oxygen atoms in total. The predicted molar refractivity (Wildman–Crippen MR) is 65.3 cm³/mol. The van der Waals surface area contributed by atoms with Gasteiger partial charge in [0.2, 0.25) is 0 Å². The molecular formula is C12H19NSi. The first-order valence-corrected chi connectivity index (χ1v) is 8.92. The first-order chi connectivity index (χ1) is 6.50. The molecule has 1 aliphatic rings. The Morgan fingerprint density at radius 1 is 1.21 bits per heavy atom. The number of hydrogen-bond donors (Lipinski definition) is 1. The molecule has 2 atom stereocenters. The van der Waals surface area contributed by atoms with E-state index in [0.717, 1.165) is 17.1 Å². The van der Waals surface area contributed by atoms with Gasteiger partial charge in [-0.15, -0.1) is 0 Å². The molecule has 0 aromatic heterocycles. The highest BCUT2D eigenvalue weighted by Gasteiger charge is 2.47. The summed E-state index contributed by atoms with van der Waals surface area (Å²) < 4.78 is 0. The topological polar surface area (TPSA) is 26.0 Å². The van der Waals surface area contributed by atoms with Crippen molar-refractivity contribution in [3.8, 4) is 0 Å². The second-order valence-electron chi connectivity index (χ2n) is 5.44. The van der Waals surface area contributed by atoms with Crippen LogP contribution in [0.15, 0.2) is 24.3 Å². The molecular weight excluding hydrogens is 186 g/mol. The van der Waals surface area contributed by atoms with Gasteiger partial charge in [0.15, 0.2) is 0 Å². The highest BCUT2D eigenvalue weighted by molar-refractivity contribution is 6.78. The van der Waals surface area contributed by atoms with Crippen LogP contribution in [0.2, 0.25) is 25.2 Å². The average Bonchev–Trinajstić information content (AvgIpc) is 2.83. The van der Waals surface area contributed by atoms with Crippen molar-refractivity contribution in [2.75, 3.05) is 5.73 Å². The highest BCUT2D eigenvalue weighted by Crippen LogP contribution is 2.59. The van der Waals surface area contributed by atoms with Crippen LogP contribution in [0.3, 0.4) is 0 Å². The Hall–Kier alpha value is -0.763. The molecule has 0 aliphatic heterocycles. The summed E-state index contributed by atoms with van der Waals surface area (Å²) in [6.07, 6.45) is 1.37. The minimum absolute atomic E-state index is 0.767. The van der Waals surface area contributed by atoms with E-state index in [-0.39, 0.29) is 0 Å².